The molecule has 1 aliphatic rings. The minimum Gasteiger partial charge on any atom is -0.377 e. The fraction of sp³-hybridized carbons (Fsp3) is 0.692. The smallest absolute Gasteiger partial charge is 0.157 e. The summed E-state index contributed by atoms with van der Waals surface area (Å²) >= 11 is 1.73. The van der Waals surface area contributed by atoms with Gasteiger partial charge >= 0.3 is 0 Å². The third-order valence-corrected chi connectivity index (χ3v) is 6.71. The molecule has 2 heterocycles. The molecule has 2 rings (SSSR count). The fourth-order valence-corrected chi connectivity index (χ4v) is 4.90. The quantitative estimate of drug-likeness (QED) is 0.775. The lowest BCUT2D eigenvalue weighted by Gasteiger charge is -2.15. The maximum Gasteiger partial charge on any atom is 0.157 e. The van der Waals surface area contributed by atoms with Gasteiger partial charge in [-0.15, -0.1) is 11.3 Å². The van der Waals surface area contributed by atoms with Crippen LogP contribution in [0.4, 0.5) is 0 Å². The van der Waals surface area contributed by atoms with Gasteiger partial charge in [0.05, 0.1) is 17.1 Å². The third kappa shape index (κ3) is 4.27. The predicted molar refractivity (Wildman–Crippen MR) is 78.5 cm³/mol. The lowest BCUT2D eigenvalue weighted by atomic mass is 10.3. The van der Waals surface area contributed by atoms with E-state index in [-0.39, 0.29) is 17.1 Å². The monoisotopic (exact) mass is 303 g/mol. The highest BCUT2D eigenvalue weighted by atomic mass is 32.2. The van der Waals surface area contributed by atoms with Crippen molar-refractivity contribution in [1.29, 1.82) is 0 Å². The van der Waals surface area contributed by atoms with E-state index in [0.717, 1.165) is 13.0 Å². The topological polar surface area (TPSA) is 55.4 Å². The molecule has 0 bridgehead atoms. The van der Waals surface area contributed by atoms with E-state index in [2.05, 4.69) is 16.8 Å². The minimum absolute atomic E-state index is 0.156. The summed E-state index contributed by atoms with van der Waals surface area (Å²) in [6.07, 6.45) is 1.44. The predicted octanol–water partition coefficient (Wildman–Crippen LogP) is 1.47. The number of hydrogen-bond donors (Lipinski definition) is 1. The van der Waals surface area contributed by atoms with E-state index in [9.17, 15) is 8.42 Å². The van der Waals surface area contributed by atoms with Gasteiger partial charge in [0.25, 0.3) is 0 Å². The van der Waals surface area contributed by atoms with Crippen molar-refractivity contribution in [2.24, 2.45) is 0 Å². The summed E-state index contributed by atoms with van der Waals surface area (Å²) in [6.45, 7) is 3.76. The van der Waals surface area contributed by atoms with Crippen molar-refractivity contribution in [3.05, 3.63) is 22.4 Å². The van der Waals surface area contributed by atoms with Gasteiger partial charge in [0.1, 0.15) is 0 Å². The van der Waals surface area contributed by atoms with Crippen LogP contribution in [0.15, 0.2) is 17.5 Å². The first kappa shape index (κ1) is 15.0. The number of sulfone groups is 1. The average molecular weight is 303 g/mol. The lowest BCUT2D eigenvalue weighted by molar-refractivity contribution is 0.126. The molecule has 2 unspecified atom stereocenters. The van der Waals surface area contributed by atoms with E-state index in [4.69, 9.17) is 4.74 Å². The Hall–Kier alpha value is -0.430. The van der Waals surface area contributed by atoms with Crippen LogP contribution in [0.5, 0.6) is 0 Å². The van der Waals surface area contributed by atoms with Crippen LogP contribution < -0.4 is 5.32 Å². The molecule has 1 aliphatic heterocycles. The number of ether oxygens (including phenoxy) is 1. The van der Waals surface area contributed by atoms with Crippen molar-refractivity contribution >= 4 is 21.2 Å². The van der Waals surface area contributed by atoms with Gasteiger partial charge < -0.3 is 10.1 Å². The van der Waals surface area contributed by atoms with E-state index in [1.165, 1.54) is 4.88 Å². The van der Waals surface area contributed by atoms with Crippen LogP contribution in [0.3, 0.4) is 0 Å². The van der Waals surface area contributed by atoms with Crippen molar-refractivity contribution in [2.45, 2.75) is 31.1 Å². The second kappa shape index (κ2) is 6.83. The summed E-state index contributed by atoms with van der Waals surface area (Å²) < 4.78 is 29.6. The number of nitrogens with one attached hydrogen (secondary N) is 1. The maximum atomic E-state index is 12.1. The van der Waals surface area contributed by atoms with Crippen molar-refractivity contribution in [3.8, 4) is 0 Å². The van der Waals surface area contributed by atoms with Gasteiger partial charge in [-0.3, -0.25) is 0 Å². The molecule has 1 fully saturated rings. The highest BCUT2D eigenvalue weighted by Crippen LogP contribution is 2.21. The van der Waals surface area contributed by atoms with Crippen LogP contribution in [0.1, 0.15) is 18.2 Å². The van der Waals surface area contributed by atoms with Crippen LogP contribution in [0.25, 0.3) is 0 Å². The first-order chi connectivity index (χ1) is 9.09. The Balaban J connectivity index is 1.67. The van der Waals surface area contributed by atoms with Crippen molar-refractivity contribution < 1.29 is 13.2 Å². The Labute approximate surface area is 119 Å². The largest absolute Gasteiger partial charge is 0.377 e. The zero-order valence-electron chi connectivity index (χ0n) is 11.2. The Kier molecular flexibility index (Phi) is 5.38. The first-order valence-corrected chi connectivity index (χ1v) is 9.25. The Morgan fingerprint density at radius 1 is 1.47 bits per heavy atom. The molecular weight excluding hydrogens is 282 g/mol. The Morgan fingerprint density at radius 2 is 2.32 bits per heavy atom. The maximum absolute atomic E-state index is 12.1. The van der Waals surface area contributed by atoms with Crippen LogP contribution in [0.2, 0.25) is 0 Å². The summed E-state index contributed by atoms with van der Waals surface area (Å²) in [7, 11) is -3.03. The van der Waals surface area contributed by atoms with E-state index in [0.29, 0.717) is 19.6 Å². The van der Waals surface area contributed by atoms with Crippen molar-refractivity contribution in [3.63, 3.8) is 0 Å². The molecule has 6 heteroatoms. The highest BCUT2D eigenvalue weighted by molar-refractivity contribution is 7.92. The second-order valence-electron chi connectivity index (χ2n) is 4.85. The molecule has 1 aromatic rings. The van der Waals surface area contributed by atoms with Crippen molar-refractivity contribution in [1.82, 2.24) is 5.32 Å². The van der Waals surface area contributed by atoms with Gasteiger partial charge in [-0.2, -0.15) is 0 Å². The molecule has 0 radical (unpaired) electrons. The molecule has 2 atom stereocenters. The summed E-state index contributed by atoms with van der Waals surface area (Å²) in [5.41, 5.74) is 0. The minimum atomic E-state index is -3.03. The van der Waals surface area contributed by atoms with Gasteiger partial charge in [0.2, 0.25) is 0 Å². The molecule has 108 valence electrons. The van der Waals surface area contributed by atoms with E-state index in [1.807, 2.05) is 13.0 Å². The van der Waals surface area contributed by atoms with E-state index >= 15 is 0 Å². The zero-order valence-corrected chi connectivity index (χ0v) is 12.8. The SMILES string of the molecule is CC1OCCC1S(=O)(=O)CCNCCc1cccs1. The molecule has 0 aliphatic carbocycles. The van der Waals surface area contributed by atoms with Crippen LogP contribution in [-0.2, 0) is 21.0 Å². The second-order valence-corrected chi connectivity index (χ2v) is 8.22. The Bertz CT molecular complexity index is 470. The van der Waals surface area contributed by atoms with E-state index in [1.54, 1.807) is 11.3 Å². The Morgan fingerprint density at radius 3 is 2.95 bits per heavy atom. The van der Waals surface area contributed by atoms with Gasteiger partial charge in [0.15, 0.2) is 9.84 Å². The van der Waals surface area contributed by atoms with Gasteiger partial charge in [-0.1, -0.05) is 6.07 Å². The zero-order chi connectivity index (χ0) is 13.7. The normalized spacial score (nSPS) is 23.8. The number of thiophene rings is 1. The average Bonchev–Trinajstić information content (AvgIpc) is 2.99. The third-order valence-electron chi connectivity index (χ3n) is 3.46. The molecule has 19 heavy (non-hydrogen) atoms. The molecular formula is C13H21NO3S2. The standard InChI is InChI=1S/C13H21NO3S2/c1-11-13(5-8-17-11)19(15,16)10-7-14-6-4-12-3-2-9-18-12/h2-3,9,11,13-14H,4-8,10H2,1H3. The molecule has 1 saturated heterocycles. The summed E-state index contributed by atoms with van der Waals surface area (Å²) in [5, 5.41) is 4.95. The highest BCUT2D eigenvalue weighted by Gasteiger charge is 2.35. The van der Waals surface area contributed by atoms with Crippen LogP contribution >= 0.6 is 11.3 Å². The molecule has 0 aromatic carbocycles. The first-order valence-electron chi connectivity index (χ1n) is 6.66. The van der Waals surface area contributed by atoms with Crippen LogP contribution in [-0.4, -0.2) is 45.2 Å². The molecule has 4 nitrogen and oxygen atoms in total. The van der Waals surface area contributed by atoms with Gasteiger partial charge in [0, 0.05) is 18.0 Å². The lowest BCUT2D eigenvalue weighted by Crippen LogP contribution is -2.34. The van der Waals surface area contributed by atoms with Gasteiger partial charge in [-0.25, -0.2) is 8.42 Å². The molecule has 0 amide bonds. The molecule has 1 aromatic heterocycles. The molecule has 0 spiro atoms. The summed E-state index contributed by atoms with van der Waals surface area (Å²) in [5.74, 6) is 0.204. The van der Waals surface area contributed by atoms with Crippen LogP contribution in [0, 0.1) is 0 Å². The van der Waals surface area contributed by atoms with E-state index < -0.39 is 9.84 Å². The van der Waals surface area contributed by atoms with Gasteiger partial charge in [-0.05, 0) is 37.8 Å². The summed E-state index contributed by atoms with van der Waals surface area (Å²) in [6, 6.07) is 4.13. The fourth-order valence-electron chi connectivity index (χ4n) is 2.34. The number of hydrogen-bond acceptors (Lipinski definition) is 5. The summed E-state index contributed by atoms with van der Waals surface area (Å²) in [4.78, 5) is 1.33. The van der Waals surface area contributed by atoms with Crippen molar-refractivity contribution in [2.75, 3.05) is 25.4 Å². The number of rotatable bonds is 7. The molecule has 1 N–H and O–H groups in total. The molecule has 0 saturated carbocycles.